The third kappa shape index (κ3) is 4.35. The second kappa shape index (κ2) is 8.82. The first-order chi connectivity index (χ1) is 13.6. The largest absolute Gasteiger partial charge is 0.496 e. The van der Waals surface area contributed by atoms with Crippen molar-refractivity contribution in [2.75, 3.05) is 7.11 Å². The molecular formula is C21H20N4O3. The number of nitrogens with one attached hydrogen (secondary N) is 1. The predicted molar refractivity (Wildman–Crippen MR) is 103 cm³/mol. The number of methoxy groups -OCH3 is 1. The first-order valence-electron chi connectivity index (χ1n) is 8.87. The molecule has 0 radical (unpaired) electrons. The van der Waals surface area contributed by atoms with Gasteiger partial charge in [0.1, 0.15) is 17.5 Å². The highest BCUT2D eigenvalue weighted by atomic mass is 16.5. The van der Waals surface area contributed by atoms with Crippen LogP contribution in [0.25, 0.3) is 0 Å². The molecule has 0 saturated carbocycles. The smallest absolute Gasteiger partial charge is 0.268 e. The zero-order chi connectivity index (χ0) is 19.9. The molecule has 1 aliphatic heterocycles. The molecule has 1 atom stereocenters. The maximum absolute atomic E-state index is 12.7. The Morgan fingerprint density at radius 2 is 1.93 bits per heavy atom. The van der Waals surface area contributed by atoms with E-state index in [2.05, 4.69) is 16.5 Å². The lowest BCUT2D eigenvalue weighted by Crippen LogP contribution is -2.40. The van der Waals surface area contributed by atoms with E-state index < -0.39 is 11.9 Å². The molecule has 1 heterocycles. The molecule has 3 rings (SSSR count). The van der Waals surface area contributed by atoms with E-state index in [1.165, 1.54) is 12.1 Å². The van der Waals surface area contributed by atoms with Gasteiger partial charge >= 0.3 is 0 Å². The molecule has 0 fully saturated rings. The average Bonchev–Trinajstić information content (AvgIpc) is 2.74. The summed E-state index contributed by atoms with van der Waals surface area (Å²) >= 11 is 0. The van der Waals surface area contributed by atoms with E-state index in [-0.39, 0.29) is 24.5 Å². The van der Waals surface area contributed by atoms with E-state index in [1.54, 1.807) is 24.3 Å². The van der Waals surface area contributed by atoms with Crippen LogP contribution in [0.1, 0.15) is 30.0 Å². The molecule has 1 aliphatic rings. The van der Waals surface area contributed by atoms with Gasteiger partial charge in [-0.3, -0.25) is 9.59 Å². The number of rotatable bonds is 6. The van der Waals surface area contributed by atoms with Crippen LogP contribution in [0, 0.1) is 11.3 Å². The standard InChI is InChI=1S/C21H20N4O3/c1-28-19-10-6-5-9-16(19)18(13-22)23-21(27)17-11-12-20(26)25(24-17)14-15-7-3-2-4-8-15/h2-10,18H,11-12,14H2,1H3,(H,23,27). The number of amides is 2. The minimum atomic E-state index is -0.883. The number of para-hydroxylation sites is 1. The molecule has 2 aromatic rings. The number of ether oxygens (including phenoxy) is 1. The van der Waals surface area contributed by atoms with Crippen LogP contribution in [0.4, 0.5) is 0 Å². The van der Waals surface area contributed by atoms with Crippen molar-refractivity contribution in [1.82, 2.24) is 10.3 Å². The molecule has 0 spiro atoms. The summed E-state index contributed by atoms with van der Waals surface area (Å²) in [5, 5.41) is 17.7. The molecule has 0 aliphatic carbocycles. The van der Waals surface area contributed by atoms with Crippen LogP contribution in [-0.2, 0) is 16.1 Å². The van der Waals surface area contributed by atoms with Crippen molar-refractivity contribution in [2.24, 2.45) is 5.10 Å². The second-order valence-electron chi connectivity index (χ2n) is 6.26. The Labute approximate surface area is 163 Å². The van der Waals surface area contributed by atoms with Gasteiger partial charge in [0.2, 0.25) is 5.91 Å². The number of nitriles is 1. The van der Waals surface area contributed by atoms with Crippen LogP contribution < -0.4 is 10.1 Å². The lowest BCUT2D eigenvalue weighted by Gasteiger charge is -2.24. The van der Waals surface area contributed by atoms with Gasteiger partial charge in [0.05, 0.1) is 19.7 Å². The van der Waals surface area contributed by atoms with Gasteiger partial charge in [-0.1, -0.05) is 48.5 Å². The van der Waals surface area contributed by atoms with E-state index >= 15 is 0 Å². The van der Waals surface area contributed by atoms with Gasteiger partial charge < -0.3 is 10.1 Å². The van der Waals surface area contributed by atoms with Crippen molar-refractivity contribution in [3.8, 4) is 11.8 Å². The Balaban J connectivity index is 1.76. The fraction of sp³-hybridized carbons (Fsp3) is 0.238. The van der Waals surface area contributed by atoms with E-state index in [4.69, 9.17) is 4.74 Å². The average molecular weight is 376 g/mol. The number of benzene rings is 2. The summed E-state index contributed by atoms with van der Waals surface area (Å²) < 4.78 is 5.27. The van der Waals surface area contributed by atoms with Crippen LogP contribution in [0.5, 0.6) is 5.75 Å². The van der Waals surface area contributed by atoms with Gasteiger partial charge in [0.25, 0.3) is 5.91 Å². The fourth-order valence-electron chi connectivity index (χ4n) is 2.94. The molecular weight excluding hydrogens is 356 g/mol. The highest BCUT2D eigenvalue weighted by Crippen LogP contribution is 2.24. The lowest BCUT2D eigenvalue weighted by atomic mass is 10.1. The summed E-state index contributed by atoms with van der Waals surface area (Å²) in [5.74, 6) is -0.0919. The summed E-state index contributed by atoms with van der Waals surface area (Å²) in [5.41, 5.74) is 1.71. The van der Waals surface area contributed by atoms with Gasteiger partial charge in [-0.05, 0) is 11.6 Å². The Morgan fingerprint density at radius 1 is 1.21 bits per heavy atom. The fourth-order valence-corrected chi connectivity index (χ4v) is 2.94. The molecule has 7 nitrogen and oxygen atoms in total. The van der Waals surface area contributed by atoms with Gasteiger partial charge in [-0.2, -0.15) is 10.4 Å². The molecule has 0 saturated heterocycles. The van der Waals surface area contributed by atoms with Gasteiger partial charge in [0.15, 0.2) is 0 Å². The minimum Gasteiger partial charge on any atom is -0.496 e. The SMILES string of the molecule is COc1ccccc1C(C#N)NC(=O)C1=NN(Cc2ccccc2)C(=O)CC1. The van der Waals surface area contributed by atoms with Crippen LogP contribution in [-0.4, -0.2) is 29.6 Å². The van der Waals surface area contributed by atoms with Crippen molar-refractivity contribution in [2.45, 2.75) is 25.4 Å². The van der Waals surface area contributed by atoms with Crippen molar-refractivity contribution in [3.05, 3.63) is 65.7 Å². The monoisotopic (exact) mass is 376 g/mol. The molecule has 28 heavy (non-hydrogen) atoms. The third-order valence-electron chi connectivity index (χ3n) is 4.40. The molecule has 2 amide bonds. The normalized spacial score (nSPS) is 14.6. The van der Waals surface area contributed by atoms with Crippen molar-refractivity contribution < 1.29 is 14.3 Å². The number of hydrazone groups is 1. The maximum atomic E-state index is 12.7. The molecule has 1 N–H and O–H groups in total. The molecule has 0 bridgehead atoms. The zero-order valence-corrected chi connectivity index (χ0v) is 15.5. The van der Waals surface area contributed by atoms with E-state index in [9.17, 15) is 14.9 Å². The summed E-state index contributed by atoms with van der Waals surface area (Å²) in [6, 6.07) is 17.6. The first-order valence-corrected chi connectivity index (χ1v) is 8.87. The van der Waals surface area contributed by atoms with E-state index in [0.29, 0.717) is 17.9 Å². The van der Waals surface area contributed by atoms with Crippen LogP contribution in [0.2, 0.25) is 0 Å². The van der Waals surface area contributed by atoms with Gasteiger partial charge in [-0.25, -0.2) is 5.01 Å². The van der Waals surface area contributed by atoms with Gasteiger partial charge in [-0.15, -0.1) is 0 Å². The number of hydrogen-bond donors (Lipinski definition) is 1. The molecule has 142 valence electrons. The zero-order valence-electron chi connectivity index (χ0n) is 15.5. The minimum absolute atomic E-state index is 0.137. The Kier molecular flexibility index (Phi) is 6.02. The third-order valence-corrected chi connectivity index (χ3v) is 4.40. The predicted octanol–water partition coefficient (Wildman–Crippen LogP) is 2.55. The maximum Gasteiger partial charge on any atom is 0.268 e. The Hall–Kier alpha value is -3.66. The summed E-state index contributed by atoms with van der Waals surface area (Å²) in [6.45, 7) is 0.296. The van der Waals surface area contributed by atoms with Crippen molar-refractivity contribution in [3.63, 3.8) is 0 Å². The molecule has 7 heteroatoms. The van der Waals surface area contributed by atoms with E-state index in [1.807, 2.05) is 30.3 Å². The summed E-state index contributed by atoms with van der Waals surface area (Å²) in [7, 11) is 1.51. The molecule has 2 aromatic carbocycles. The lowest BCUT2D eigenvalue weighted by molar-refractivity contribution is -0.132. The topological polar surface area (TPSA) is 94.8 Å². The van der Waals surface area contributed by atoms with Crippen LogP contribution >= 0.6 is 0 Å². The first kappa shape index (κ1) is 19.1. The van der Waals surface area contributed by atoms with Gasteiger partial charge in [0, 0.05) is 18.4 Å². The quantitative estimate of drug-likeness (QED) is 0.838. The second-order valence-corrected chi connectivity index (χ2v) is 6.26. The Bertz CT molecular complexity index is 934. The van der Waals surface area contributed by atoms with Crippen LogP contribution in [0.15, 0.2) is 59.7 Å². The number of hydrogen-bond acceptors (Lipinski definition) is 5. The van der Waals surface area contributed by atoms with Crippen LogP contribution in [0.3, 0.4) is 0 Å². The highest BCUT2D eigenvalue weighted by molar-refractivity contribution is 6.39. The van der Waals surface area contributed by atoms with E-state index in [0.717, 1.165) is 5.56 Å². The number of nitrogens with zero attached hydrogens (tertiary/aromatic N) is 3. The highest BCUT2D eigenvalue weighted by Gasteiger charge is 2.27. The summed E-state index contributed by atoms with van der Waals surface area (Å²) in [6.07, 6.45) is 0.436. The molecule has 1 unspecified atom stereocenters. The Morgan fingerprint density at radius 3 is 2.64 bits per heavy atom. The van der Waals surface area contributed by atoms with Crippen molar-refractivity contribution in [1.29, 1.82) is 5.26 Å². The summed E-state index contributed by atoms with van der Waals surface area (Å²) in [4.78, 5) is 24.8. The number of carbonyl (C=O) groups is 2. The number of carbonyl (C=O) groups excluding carboxylic acids is 2. The molecule has 0 aromatic heterocycles. The van der Waals surface area contributed by atoms with Crippen molar-refractivity contribution >= 4 is 17.5 Å².